The number of nitrogens with one attached hydrogen (secondary N) is 1. The number of nitrogens with two attached hydrogens (primary N) is 1. The van der Waals surface area contributed by atoms with Crippen LogP contribution in [0.4, 0.5) is 15.9 Å². The van der Waals surface area contributed by atoms with Gasteiger partial charge < -0.3 is 20.5 Å². The van der Waals surface area contributed by atoms with Gasteiger partial charge in [-0.25, -0.2) is 13.6 Å². The van der Waals surface area contributed by atoms with E-state index in [1.165, 1.54) is 18.2 Å². The number of hydrogen-bond acceptors (Lipinski definition) is 9. The van der Waals surface area contributed by atoms with Crippen molar-refractivity contribution in [3.05, 3.63) is 77.2 Å². The van der Waals surface area contributed by atoms with E-state index in [1.54, 1.807) is 37.3 Å². The summed E-state index contributed by atoms with van der Waals surface area (Å²) in [5.74, 6) is -5.78. The minimum atomic E-state index is -3.71. The Morgan fingerprint density at radius 3 is 2.33 bits per heavy atom. The number of benzene rings is 2. The fourth-order valence-corrected chi connectivity index (χ4v) is 5.02. The molecule has 0 atom stereocenters. The Balaban J connectivity index is 1.94. The molecule has 39 heavy (non-hydrogen) atoms. The van der Waals surface area contributed by atoms with Crippen LogP contribution in [0.15, 0.2) is 59.1 Å². The summed E-state index contributed by atoms with van der Waals surface area (Å²) < 4.78 is 39.9. The molecular weight excluding hydrogens is 531 g/mol. The molecule has 3 N–H and O–H groups in total. The van der Waals surface area contributed by atoms with Crippen LogP contribution in [0.3, 0.4) is 0 Å². The fraction of sp³-hybridized carbons (Fsp3) is 0.192. The van der Waals surface area contributed by atoms with Crippen molar-refractivity contribution in [3.63, 3.8) is 0 Å². The van der Waals surface area contributed by atoms with Crippen molar-refractivity contribution >= 4 is 45.0 Å². The normalized spacial score (nSPS) is 10.9. The number of carbonyl (C=O) groups excluding carboxylic acids is 4. The van der Waals surface area contributed by atoms with Crippen LogP contribution in [-0.4, -0.2) is 58.7 Å². The Labute approximate surface area is 223 Å². The molecule has 0 bridgehead atoms. The molecule has 0 spiro atoms. The molecule has 0 aliphatic carbocycles. The number of halogens is 1. The molecule has 204 valence electrons. The van der Waals surface area contributed by atoms with Crippen LogP contribution >= 0.6 is 0 Å². The standard InChI is InChI=1S/C26H25FN4O7S/c1-15-7-8-21(27)20(9-15)26(35)30-18-6-4-5-16(10-18)19-11-17(12-29-24(19)28)25(34)31-39(36,13-22(32)37-2)14-23(33)38-3/h4-12H,13-14H2,1-3H3,(H2,28,29)(H,30,35). The largest absolute Gasteiger partial charge is 0.468 e. The van der Waals surface area contributed by atoms with Crippen LogP contribution in [0.1, 0.15) is 26.3 Å². The maximum absolute atomic E-state index is 14.1. The minimum Gasteiger partial charge on any atom is -0.468 e. The van der Waals surface area contributed by atoms with Crippen molar-refractivity contribution in [2.75, 3.05) is 36.8 Å². The zero-order valence-electron chi connectivity index (χ0n) is 21.2. The van der Waals surface area contributed by atoms with Gasteiger partial charge in [-0.3, -0.25) is 19.2 Å². The first-order chi connectivity index (χ1) is 18.4. The minimum absolute atomic E-state index is 0.0320. The summed E-state index contributed by atoms with van der Waals surface area (Å²) in [5, 5.41) is 2.62. The third kappa shape index (κ3) is 7.45. The lowest BCUT2D eigenvalue weighted by atomic mass is 10.0. The molecule has 0 unspecified atom stereocenters. The Hall–Kier alpha value is -4.65. The molecule has 3 rings (SSSR count). The molecule has 0 aliphatic rings. The first kappa shape index (κ1) is 28.9. The number of aromatic nitrogens is 1. The van der Waals surface area contributed by atoms with Crippen LogP contribution in [0.2, 0.25) is 0 Å². The van der Waals surface area contributed by atoms with E-state index >= 15 is 0 Å². The first-order valence-corrected chi connectivity index (χ1v) is 13.1. The number of anilines is 2. The summed E-state index contributed by atoms with van der Waals surface area (Å²) in [4.78, 5) is 53.0. The number of hydrogen-bond donors (Lipinski definition) is 2. The SMILES string of the molecule is COC(=O)CS(=O)(CC(=O)OC)=NC(=O)c1cnc(N)c(-c2cccc(NC(=O)c3cc(C)ccc3F)c2)c1. The van der Waals surface area contributed by atoms with Gasteiger partial charge in [0.1, 0.15) is 23.1 Å². The topological polar surface area (TPSA) is 167 Å². The van der Waals surface area contributed by atoms with Gasteiger partial charge in [-0.2, -0.15) is 4.36 Å². The number of methoxy groups -OCH3 is 2. The Morgan fingerprint density at radius 1 is 1.03 bits per heavy atom. The highest BCUT2D eigenvalue weighted by molar-refractivity contribution is 7.95. The van der Waals surface area contributed by atoms with Crippen molar-refractivity contribution in [3.8, 4) is 11.1 Å². The van der Waals surface area contributed by atoms with Crippen LogP contribution in [-0.2, 0) is 28.8 Å². The van der Waals surface area contributed by atoms with Gasteiger partial charge in [-0.15, -0.1) is 0 Å². The van der Waals surface area contributed by atoms with Gasteiger partial charge in [-0.1, -0.05) is 23.8 Å². The monoisotopic (exact) mass is 556 g/mol. The molecule has 13 heteroatoms. The molecule has 2 amide bonds. The highest BCUT2D eigenvalue weighted by atomic mass is 32.2. The number of esters is 2. The average Bonchev–Trinajstić information content (AvgIpc) is 2.89. The van der Waals surface area contributed by atoms with Crippen LogP contribution < -0.4 is 11.1 Å². The first-order valence-electron chi connectivity index (χ1n) is 11.3. The second-order valence-corrected chi connectivity index (χ2v) is 10.6. The average molecular weight is 557 g/mol. The number of aryl methyl sites for hydroxylation is 1. The van der Waals surface area contributed by atoms with Gasteiger partial charge in [0.05, 0.1) is 35.1 Å². The van der Waals surface area contributed by atoms with E-state index in [9.17, 15) is 27.8 Å². The van der Waals surface area contributed by atoms with Gasteiger partial charge in [0.25, 0.3) is 11.8 Å². The fourth-order valence-electron chi connectivity index (χ4n) is 3.41. The Bertz CT molecular complexity index is 1560. The summed E-state index contributed by atoms with van der Waals surface area (Å²) in [6, 6.07) is 11.9. The third-order valence-corrected chi connectivity index (χ3v) is 7.23. The van der Waals surface area contributed by atoms with Crippen molar-refractivity contribution in [2.45, 2.75) is 6.92 Å². The van der Waals surface area contributed by atoms with Gasteiger partial charge in [0.15, 0.2) is 0 Å². The molecule has 2 aromatic carbocycles. The predicted octanol–water partition coefficient (Wildman–Crippen LogP) is 2.98. The number of nitrogen functional groups attached to an aromatic ring is 1. The summed E-state index contributed by atoms with van der Waals surface area (Å²) in [5.41, 5.74) is 7.53. The van der Waals surface area contributed by atoms with E-state index in [1.807, 2.05) is 0 Å². The van der Waals surface area contributed by atoms with E-state index in [-0.39, 0.29) is 22.5 Å². The highest BCUT2D eigenvalue weighted by Crippen LogP contribution is 2.28. The number of amides is 2. The number of carbonyl (C=O) groups is 4. The third-order valence-electron chi connectivity index (χ3n) is 5.35. The lowest BCUT2D eigenvalue weighted by molar-refractivity contribution is -0.137. The maximum Gasteiger partial charge on any atom is 0.319 e. The second-order valence-electron chi connectivity index (χ2n) is 8.28. The molecule has 0 aliphatic heterocycles. The zero-order valence-corrected chi connectivity index (χ0v) is 22.0. The lowest BCUT2D eigenvalue weighted by Crippen LogP contribution is -2.26. The number of ether oxygens (including phenoxy) is 2. The summed E-state index contributed by atoms with van der Waals surface area (Å²) in [6.45, 7) is 1.73. The molecule has 3 aromatic rings. The van der Waals surface area contributed by atoms with Crippen molar-refractivity contribution in [2.24, 2.45) is 4.36 Å². The van der Waals surface area contributed by atoms with Crippen LogP contribution in [0, 0.1) is 12.7 Å². The quantitative estimate of drug-likeness (QED) is 0.396. The Morgan fingerprint density at radius 2 is 1.69 bits per heavy atom. The smallest absolute Gasteiger partial charge is 0.319 e. The Kier molecular flexibility index (Phi) is 9.09. The van der Waals surface area contributed by atoms with Gasteiger partial charge >= 0.3 is 11.9 Å². The molecule has 0 saturated carbocycles. The molecule has 0 fully saturated rings. The van der Waals surface area contributed by atoms with Gasteiger partial charge in [0, 0.05) is 17.4 Å². The van der Waals surface area contributed by atoms with E-state index < -0.39 is 50.8 Å². The lowest BCUT2D eigenvalue weighted by Gasteiger charge is -2.11. The molecule has 11 nitrogen and oxygen atoms in total. The van der Waals surface area contributed by atoms with E-state index in [4.69, 9.17) is 5.73 Å². The molecular formula is C26H25FN4O7S. The summed E-state index contributed by atoms with van der Waals surface area (Å²) in [6.07, 6.45) is 1.10. The summed E-state index contributed by atoms with van der Waals surface area (Å²) in [7, 11) is -1.59. The van der Waals surface area contributed by atoms with Crippen molar-refractivity contribution in [1.29, 1.82) is 0 Å². The van der Waals surface area contributed by atoms with Gasteiger partial charge in [0.2, 0.25) is 0 Å². The van der Waals surface area contributed by atoms with E-state index in [2.05, 4.69) is 24.1 Å². The number of pyridine rings is 1. The number of rotatable bonds is 8. The van der Waals surface area contributed by atoms with E-state index in [0.717, 1.165) is 20.4 Å². The van der Waals surface area contributed by atoms with Gasteiger partial charge in [-0.05, 0) is 42.8 Å². The number of nitrogens with zero attached hydrogens (tertiary/aromatic N) is 2. The van der Waals surface area contributed by atoms with E-state index in [0.29, 0.717) is 16.8 Å². The van der Waals surface area contributed by atoms with Crippen LogP contribution in [0.25, 0.3) is 11.1 Å². The van der Waals surface area contributed by atoms with Crippen molar-refractivity contribution < 1.29 is 37.3 Å². The second kappa shape index (κ2) is 12.3. The molecule has 1 heterocycles. The molecule has 1 aromatic heterocycles. The van der Waals surface area contributed by atoms with Crippen LogP contribution in [0.5, 0.6) is 0 Å². The predicted molar refractivity (Wildman–Crippen MR) is 142 cm³/mol. The molecule has 0 radical (unpaired) electrons. The molecule has 0 saturated heterocycles. The maximum atomic E-state index is 14.1. The van der Waals surface area contributed by atoms with Crippen molar-refractivity contribution in [1.82, 2.24) is 4.98 Å². The zero-order chi connectivity index (χ0) is 28.7. The highest BCUT2D eigenvalue weighted by Gasteiger charge is 2.23. The summed E-state index contributed by atoms with van der Waals surface area (Å²) >= 11 is 0.